The van der Waals surface area contributed by atoms with E-state index in [9.17, 15) is 39.6 Å². The molecule has 34 heavy (non-hydrogen) atoms. The van der Waals surface area contributed by atoms with Crippen molar-refractivity contribution < 1.29 is 59.3 Å². The van der Waals surface area contributed by atoms with Gasteiger partial charge < -0.3 is 45.4 Å². The molecule has 192 valence electrons. The number of urea groups is 2. The number of aliphatic hydroxyl groups excluding tert-OH is 6. The van der Waals surface area contributed by atoms with Crippen LogP contribution in [0.4, 0.5) is 9.59 Å². The van der Waals surface area contributed by atoms with Gasteiger partial charge in [-0.05, 0) is 0 Å². The number of hydrogen-bond acceptors (Lipinski definition) is 12. The average molecular weight is 492 g/mol. The van der Waals surface area contributed by atoms with Crippen LogP contribution in [-0.4, -0.2) is 135 Å². The third-order valence-corrected chi connectivity index (χ3v) is 5.94. The van der Waals surface area contributed by atoms with Crippen LogP contribution in [0.15, 0.2) is 0 Å². The van der Waals surface area contributed by atoms with Crippen LogP contribution in [0.2, 0.25) is 0 Å². The lowest BCUT2D eigenvalue weighted by Crippen LogP contribution is -2.57. The van der Waals surface area contributed by atoms with E-state index in [1.165, 1.54) is 0 Å². The van der Waals surface area contributed by atoms with E-state index in [1.54, 1.807) is 0 Å². The van der Waals surface area contributed by atoms with Crippen molar-refractivity contribution in [1.82, 2.24) is 20.9 Å². The van der Waals surface area contributed by atoms with Gasteiger partial charge >= 0.3 is 12.1 Å². The Hall–Kier alpha value is -2.44. The molecule has 0 aromatic carbocycles. The van der Waals surface area contributed by atoms with Crippen molar-refractivity contribution in [2.24, 2.45) is 5.92 Å². The molecule has 4 heterocycles. The summed E-state index contributed by atoms with van der Waals surface area (Å²) in [6.07, 6.45) is -8.79. The molecule has 4 aliphatic rings. The third-order valence-electron chi connectivity index (χ3n) is 5.94. The first kappa shape index (κ1) is 26.2. The van der Waals surface area contributed by atoms with Crippen molar-refractivity contribution in [3.8, 4) is 0 Å². The molecule has 4 rings (SSSR count). The summed E-state index contributed by atoms with van der Waals surface area (Å²) in [7, 11) is 0. The van der Waals surface area contributed by atoms with Crippen LogP contribution in [0.5, 0.6) is 0 Å². The Bertz CT molecular complexity index is 735. The predicted molar refractivity (Wildman–Crippen MR) is 105 cm³/mol. The van der Waals surface area contributed by atoms with Crippen molar-refractivity contribution in [2.75, 3.05) is 26.3 Å². The van der Waals surface area contributed by atoms with Crippen LogP contribution >= 0.6 is 0 Å². The first-order valence-electron chi connectivity index (χ1n) is 10.5. The topological polar surface area (TPSA) is 247 Å². The van der Waals surface area contributed by atoms with Gasteiger partial charge in [0, 0.05) is 19.5 Å². The zero-order valence-corrected chi connectivity index (χ0v) is 17.8. The number of carbonyl (C=O) groups excluding carboxylic acids is 4. The number of aliphatic hydroxyl groups is 6. The Morgan fingerprint density at radius 1 is 0.853 bits per heavy atom. The molecular weight excluding hydrogens is 464 g/mol. The van der Waals surface area contributed by atoms with E-state index in [0.29, 0.717) is 0 Å². The molecule has 0 aromatic heterocycles. The number of rotatable bonds is 4. The van der Waals surface area contributed by atoms with Gasteiger partial charge in [0.05, 0.1) is 25.2 Å². The van der Waals surface area contributed by atoms with Gasteiger partial charge in [-0.25, -0.2) is 9.59 Å². The standard InChI is InChI=1S/2C9H14N2O6/c12-2-4-5(13)6(14)7(17-4)3-1-10-9(16)11-8(3)15;12-3-4-6(14)7(15)8(17-4)11-2-1-5(13)10-9(11)16/h3-7,12-14H,1-2H2,(H2,10,11,15,16);4,6-8,12,14-15H,1-3H2,(H,10,13,16)/t3?,4-,5-,6-,7+;4-,6-,7-,8-/m11/s1. The Balaban J connectivity index is 0.000000191. The summed E-state index contributed by atoms with van der Waals surface area (Å²) in [4.78, 5) is 46.0. The van der Waals surface area contributed by atoms with E-state index in [4.69, 9.17) is 19.7 Å². The molecule has 9 N–H and O–H groups in total. The SMILES string of the molecule is O=C1CCN([C@@H]2O[C@H](CO)[C@@H](O)[C@H]2O)C(=O)N1.O=C1NCC([C@@H]2O[C@H](CO)[C@@H](O)[C@H]2O)C(=O)N1. The molecule has 4 saturated heterocycles. The number of nitrogens with one attached hydrogen (secondary N) is 3. The zero-order chi connectivity index (χ0) is 25.2. The molecule has 0 aliphatic carbocycles. The Morgan fingerprint density at radius 3 is 2.00 bits per heavy atom. The molecule has 0 spiro atoms. The van der Waals surface area contributed by atoms with E-state index in [2.05, 4.69) is 16.0 Å². The summed E-state index contributed by atoms with van der Waals surface area (Å²) in [6.45, 7) is -0.771. The largest absolute Gasteiger partial charge is 0.394 e. The Labute approximate surface area is 192 Å². The Morgan fingerprint density at radius 2 is 1.47 bits per heavy atom. The Kier molecular flexibility index (Phi) is 8.37. The predicted octanol–water partition coefficient (Wildman–Crippen LogP) is -5.71. The molecule has 16 heteroatoms. The summed E-state index contributed by atoms with van der Waals surface area (Å²) in [6, 6.07) is -1.27. The fourth-order valence-corrected chi connectivity index (χ4v) is 4.03. The number of carbonyl (C=O) groups is 4. The molecule has 9 atom stereocenters. The highest BCUT2D eigenvalue weighted by atomic mass is 16.6. The molecule has 16 nitrogen and oxygen atoms in total. The van der Waals surface area contributed by atoms with Crippen LogP contribution in [0, 0.1) is 5.92 Å². The molecular formula is C18H28N4O12. The van der Waals surface area contributed by atoms with Gasteiger partial charge in [0.25, 0.3) is 0 Å². The van der Waals surface area contributed by atoms with Crippen molar-refractivity contribution in [3.63, 3.8) is 0 Å². The second kappa shape index (κ2) is 10.9. The first-order valence-corrected chi connectivity index (χ1v) is 10.5. The maximum atomic E-state index is 11.5. The van der Waals surface area contributed by atoms with Gasteiger partial charge in [0.1, 0.15) is 36.6 Å². The second-order valence-electron chi connectivity index (χ2n) is 8.13. The van der Waals surface area contributed by atoms with Crippen LogP contribution in [0.1, 0.15) is 6.42 Å². The van der Waals surface area contributed by atoms with Gasteiger partial charge in [-0.15, -0.1) is 0 Å². The van der Waals surface area contributed by atoms with Gasteiger partial charge in [-0.1, -0.05) is 0 Å². The number of amides is 6. The lowest BCUT2D eigenvalue weighted by molar-refractivity contribution is -0.132. The van der Waals surface area contributed by atoms with E-state index >= 15 is 0 Å². The summed E-state index contributed by atoms with van der Waals surface area (Å²) in [5.41, 5.74) is 0. The molecule has 6 amide bonds. The zero-order valence-electron chi connectivity index (χ0n) is 17.8. The van der Waals surface area contributed by atoms with E-state index in [-0.39, 0.29) is 19.5 Å². The highest BCUT2D eigenvalue weighted by molar-refractivity contribution is 5.98. The number of hydrogen-bond donors (Lipinski definition) is 9. The minimum absolute atomic E-state index is 0.0251. The molecule has 0 bridgehead atoms. The highest BCUT2D eigenvalue weighted by Gasteiger charge is 2.49. The highest BCUT2D eigenvalue weighted by Crippen LogP contribution is 2.27. The van der Waals surface area contributed by atoms with Crippen LogP contribution in [0.25, 0.3) is 0 Å². The van der Waals surface area contributed by atoms with E-state index in [1.807, 2.05) is 0 Å². The smallest absolute Gasteiger partial charge is 0.326 e. The van der Waals surface area contributed by atoms with E-state index in [0.717, 1.165) is 4.90 Å². The normalized spacial score (nSPS) is 40.3. The molecule has 0 aromatic rings. The quantitative estimate of drug-likeness (QED) is 0.178. The molecule has 4 fully saturated rings. The van der Waals surface area contributed by atoms with E-state index < -0.39 is 92.0 Å². The minimum atomic E-state index is -1.30. The summed E-state index contributed by atoms with van der Waals surface area (Å²) >= 11 is 0. The maximum absolute atomic E-state index is 11.5. The lowest BCUT2D eigenvalue weighted by atomic mass is 9.94. The lowest BCUT2D eigenvalue weighted by Gasteiger charge is -2.32. The van der Waals surface area contributed by atoms with Gasteiger partial charge in [0.15, 0.2) is 6.23 Å². The van der Waals surface area contributed by atoms with Crippen molar-refractivity contribution >= 4 is 23.9 Å². The molecule has 4 aliphatic heterocycles. The van der Waals surface area contributed by atoms with Gasteiger partial charge in [0.2, 0.25) is 11.8 Å². The number of ether oxygens (including phenoxy) is 2. The molecule has 0 radical (unpaired) electrons. The second-order valence-corrected chi connectivity index (χ2v) is 8.13. The van der Waals surface area contributed by atoms with Crippen LogP contribution in [0.3, 0.4) is 0 Å². The fraction of sp³-hybridized carbons (Fsp3) is 0.778. The van der Waals surface area contributed by atoms with Crippen molar-refractivity contribution in [2.45, 2.75) is 55.4 Å². The van der Waals surface area contributed by atoms with Crippen molar-refractivity contribution in [1.29, 1.82) is 0 Å². The van der Waals surface area contributed by atoms with Crippen molar-refractivity contribution in [3.05, 3.63) is 0 Å². The molecule has 0 saturated carbocycles. The van der Waals surface area contributed by atoms with Crippen LogP contribution in [-0.2, 0) is 19.1 Å². The fourth-order valence-electron chi connectivity index (χ4n) is 4.03. The summed E-state index contributed by atoms with van der Waals surface area (Å²) < 4.78 is 10.4. The summed E-state index contributed by atoms with van der Waals surface area (Å²) in [5, 5.41) is 62.9. The van der Waals surface area contributed by atoms with Gasteiger partial charge in [-0.2, -0.15) is 0 Å². The number of imide groups is 2. The summed E-state index contributed by atoms with van der Waals surface area (Å²) in [5.74, 6) is -1.74. The molecule has 1 unspecified atom stereocenters. The van der Waals surface area contributed by atoms with Crippen LogP contribution < -0.4 is 16.0 Å². The van der Waals surface area contributed by atoms with Gasteiger partial charge in [-0.3, -0.25) is 25.1 Å². The third kappa shape index (κ3) is 5.28. The maximum Gasteiger partial charge on any atom is 0.326 e. The number of nitrogens with zero attached hydrogens (tertiary/aromatic N) is 1. The first-order chi connectivity index (χ1) is 16.1. The average Bonchev–Trinajstić information content (AvgIpc) is 3.24. The minimum Gasteiger partial charge on any atom is -0.394 e. The monoisotopic (exact) mass is 492 g/mol.